The molecule has 0 saturated carbocycles. The van der Waals surface area contributed by atoms with E-state index in [-0.39, 0.29) is 29.4 Å². The summed E-state index contributed by atoms with van der Waals surface area (Å²) in [7, 11) is 0. The lowest BCUT2D eigenvalue weighted by Gasteiger charge is -2.43. The molecule has 0 aliphatic carbocycles. The molecule has 0 radical (unpaired) electrons. The lowest BCUT2D eigenvalue weighted by atomic mass is 9.77. The summed E-state index contributed by atoms with van der Waals surface area (Å²) in [6.07, 6.45) is 1.82. The van der Waals surface area contributed by atoms with Gasteiger partial charge in [0.2, 0.25) is 0 Å². The molecule has 4 rings (SSSR count). The Morgan fingerprint density at radius 1 is 1.21 bits per heavy atom. The summed E-state index contributed by atoms with van der Waals surface area (Å²) in [5.41, 5.74) is 3.05. The van der Waals surface area contributed by atoms with Gasteiger partial charge in [0, 0.05) is 23.8 Å². The van der Waals surface area contributed by atoms with Crippen LogP contribution in [0.5, 0.6) is 0 Å². The van der Waals surface area contributed by atoms with Crippen LogP contribution in [0.15, 0.2) is 42.5 Å². The Kier molecular flexibility index (Phi) is 3.73. The van der Waals surface area contributed by atoms with Crippen molar-refractivity contribution in [3.8, 4) is 0 Å². The van der Waals surface area contributed by atoms with Gasteiger partial charge in [0.1, 0.15) is 5.82 Å². The second kappa shape index (κ2) is 5.91. The third-order valence-corrected chi connectivity index (χ3v) is 4.94. The van der Waals surface area contributed by atoms with E-state index in [1.165, 1.54) is 6.07 Å². The zero-order valence-corrected chi connectivity index (χ0v) is 13.0. The van der Waals surface area contributed by atoms with Gasteiger partial charge in [-0.2, -0.15) is 0 Å². The molecule has 0 aromatic heterocycles. The first-order valence-corrected chi connectivity index (χ1v) is 8.14. The number of rotatable bonds is 2. The number of carbonyl (C=O) groups is 1. The lowest BCUT2D eigenvalue weighted by molar-refractivity contribution is -0.0382. The number of carboxylic acid groups (broad SMARTS) is 1. The minimum atomic E-state index is -0.933. The molecule has 1 fully saturated rings. The number of halogens is 1. The maximum Gasteiger partial charge on any atom is 0.335 e. The molecule has 2 aliphatic rings. The molecule has 2 heterocycles. The monoisotopic (exact) mass is 327 g/mol. The molecule has 2 aromatic rings. The van der Waals surface area contributed by atoms with Crippen molar-refractivity contribution in [3.05, 3.63) is 65.0 Å². The van der Waals surface area contributed by atoms with E-state index in [1.54, 1.807) is 24.3 Å². The maximum atomic E-state index is 13.7. The molecule has 5 heteroatoms. The summed E-state index contributed by atoms with van der Waals surface area (Å²) in [5.74, 6) is -0.991. The fourth-order valence-electron chi connectivity index (χ4n) is 3.80. The Labute approximate surface area is 139 Å². The highest BCUT2D eigenvalue weighted by Gasteiger charge is 2.39. The van der Waals surface area contributed by atoms with Crippen molar-refractivity contribution in [3.63, 3.8) is 0 Å². The Bertz CT molecular complexity index is 775. The predicted molar refractivity (Wildman–Crippen MR) is 87.6 cm³/mol. The van der Waals surface area contributed by atoms with E-state index in [4.69, 9.17) is 9.84 Å². The molecule has 3 atom stereocenters. The van der Waals surface area contributed by atoms with Crippen molar-refractivity contribution < 1.29 is 19.0 Å². The third kappa shape index (κ3) is 2.55. The average molecular weight is 327 g/mol. The third-order valence-electron chi connectivity index (χ3n) is 4.94. The van der Waals surface area contributed by atoms with Crippen LogP contribution in [0.4, 0.5) is 10.1 Å². The average Bonchev–Trinajstić information content (AvgIpc) is 2.61. The Morgan fingerprint density at radius 3 is 2.75 bits per heavy atom. The van der Waals surface area contributed by atoms with Gasteiger partial charge in [-0.25, -0.2) is 9.18 Å². The van der Waals surface area contributed by atoms with Gasteiger partial charge < -0.3 is 15.2 Å². The summed E-state index contributed by atoms with van der Waals surface area (Å²) >= 11 is 0. The van der Waals surface area contributed by atoms with E-state index in [9.17, 15) is 9.18 Å². The van der Waals surface area contributed by atoms with Gasteiger partial charge in [-0.15, -0.1) is 0 Å². The highest BCUT2D eigenvalue weighted by atomic mass is 19.1. The van der Waals surface area contributed by atoms with E-state index >= 15 is 0 Å². The fraction of sp³-hybridized carbons (Fsp3) is 0.316. The lowest BCUT2D eigenvalue weighted by Crippen LogP contribution is -2.36. The van der Waals surface area contributed by atoms with Gasteiger partial charge in [-0.3, -0.25) is 0 Å². The molecule has 2 aromatic carbocycles. The Morgan fingerprint density at radius 2 is 2.00 bits per heavy atom. The molecule has 0 unspecified atom stereocenters. The van der Waals surface area contributed by atoms with E-state index in [0.717, 1.165) is 29.7 Å². The van der Waals surface area contributed by atoms with Gasteiger partial charge in [0.15, 0.2) is 0 Å². The number of hydrogen-bond donors (Lipinski definition) is 2. The fourth-order valence-corrected chi connectivity index (χ4v) is 3.80. The van der Waals surface area contributed by atoms with Crippen molar-refractivity contribution in [1.82, 2.24) is 0 Å². The van der Waals surface area contributed by atoms with Gasteiger partial charge in [0.05, 0.1) is 17.7 Å². The largest absolute Gasteiger partial charge is 0.478 e. The summed E-state index contributed by atoms with van der Waals surface area (Å²) in [6, 6.07) is 11.7. The van der Waals surface area contributed by atoms with Crippen molar-refractivity contribution >= 4 is 11.7 Å². The van der Waals surface area contributed by atoms with Crippen LogP contribution in [0.1, 0.15) is 46.5 Å². The first-order valence-electron chi connectivity index (χ1n) is 8.14. The number of carboxylic acids is 1. The predicted octanol–water partition coefficient (Wildman–Crippen LogP) is 4.16. The second-order valence-electron chi connectivity index (χ2n) is 6.38. The number of anilines is 1. The van der Waals surface area contributed by atoms with Gasteiger partial charge in [-0.1, -0.05) is 12.1 Å². The zero-order chi connectivity index (χ0) is 16.7. The summed E-state index contributed by atoms with van der Waals surface area (Å²) in [6.45, 7) is 0.682. The molecule has 1 saturated heterocycles. The molecule has 0 amide bonds. The molecule has 2 N–H and O–H groups in total. The van der Waals surface area contributed by atoms with E-state index < -0.39 is 5.97 Å². The van der Waals surface area contributed by atoms with Crippen LogP contribution in [-0.2, 0) is 4.74 Å². The molecular weight excluding hydrogens is 309 g/mol. The Balaban J connectivity index is 1.73. The number of benzene rings is 2. The van der Waals surface area contributed by atoms with Crippen molar-refractivity contribution in [1.29, 1.82) is 0 Å². The van der Waals surface area contributed by atoms with Crippen LogP contribution in [0.3, 0.4) is 0 Å². The molecule has 124 valence electrons. The van der Waals surface area contributed by atoms with E-state index in [0.29, 0.717) is 6.61 Å². The van der Waals surface area contributed by atoms with Crippen LogP contribution in [0, 0.1) is 11.7 Å². The standard InChI is InChI=1S/C19H18FNO3/c20-13-7-8-16-15(10-13)18-14(2-1-9-24-18)17(21-16)11-3-5-12(6-4-11)19(22)23/h3-8,10,14,17-18,21H,1-2,9H2,(H,22,23)/t14-,17+,18-/m0/s1. The van der Waals surface area contributed by atoms with Gasteiger partial charge >= 0.3 is 5.97 Å². The minimum Gasteiger partial charge on any atom is -0.478 e. The molecule has 4 nitrogen and oxygen atoms in total. The number of aromatic carboxylic acids is 1. The number of hydrogen-bond acceptors (Lipinski definition) is 3. The highest BCUT2D eigenvalue weighted by Crippen LogP contribution is 2.49. The molecule has 0 spiro atoms. The van der Waals surface area contributed by atoms with Crippen molar-refractivity contribution in [2.24, 2.45) is 5.92 Å². The molecular formula is C19H18FNO3. The van der Waals surface area contributed by atoms with Crippen LogP contribution in [-0.4, -0.2) is 17.7 Å². The van der Waals surface area contributed by atoms with E-state index in [2.05, 4.69) is 5.32 Å². The first kappa shape index (κ1) is 15.1. The molecule has 0 bridgehead atoms. The first-order chi connectivity index (χ1) is 11.6. The Hall–Kier alpha value is -2.40. The highest BCUT2D eigenvalue weighted by molar-refractivity contribution is 5.87. The quantitative estimate of drug-likeness (QED) is 0.869. The number of fused-ring (bicyclic) bond motifs is 3. The van der Waals surface area contributed by atoms with Crippen molar-refractivity contribution in [2.75, 3.05) is 11.9 Å². The van der Waals surface area contributed by atoms with Gasteiger partial charge in [0.25, 0.3) is 0 Å². The minimum absolute atomic E-state index is 0.0242. The van der Waals surface area contributed by atoms with Gasteiger partial charge in [-0.05, 0) is 48.7 Å². The molecule has 2 aliphatic heterocycles. The number of ether oxygens (including phenoxy) is 1. The van der Waals surface area contributed by atoms with Crippen molar-refractivity contribution in [2.45, 2.75) is 25.0 Å². The second-order valence-corrected chi connectivity index (χ2v) is 6.38. The maximum absolute atomic E-state index is 13.7. The normalized spacial score (nSPS) is 25.3. The zero-order valence-electron chi connectivity index (χ0n) is 13.0. The number of nitrogens with one attached hydrogen (secondary N) is 1. The van der Waals surface area contributed by atoms with Crippen LogP contribution in [0.25, 0.3) is 0 Å². The van der Waals surface area contributed by atoms with Crippen LogP contribution >= 0.6 is 0 Å². The molecule has 24 heavy (non-hydrogen) atoms. The van der Waals surface area contributed by atoms with Crippen LogP contribution < -0.4 is 5.32 Å². The van der Waals surface area contributed by atoms with E-state index in [1.807, 2.05) is 12.1 Å². The smallest absolute Gasteiger partial charge is 0.335 e. The SMILES string of the molecule is O=C(O)c1ccc([C@H]2Nc3ccc(F)cc3[C@H]3OCCC[C@@H]23)cc1. The topological polar surface area (TPSA) is 58.6 Å². The summed E-state index contributed by atoms with van der Waals surface area (Å²) in [5, 5.41) is 12.6. The van der Waals surface area contributed by atoms with Crippen LogP contribution in [0.2, 0.25) is 0 Å². The summed E-state index contributed by atoms with van der Waals surface area (Å²) < 4.78 is 19.6. The summed E-state index contributed by atoms with van der Waals surface area (Å²) in [4.78, 5) is 11.0.